The van der Waals surface area contributed by atoms with Gasteiger partial charge in [0.2, 0.25) is 0 Å². The third-order valence-corrected chi connectivity index (χ3v) is 6.15. The van der Waals surface area contributed by atoms with Crippen molar-refractivity contribution in [2.24, 2.45) is 11.7 Å². The lowest BCUT2D eigenvalue weighted by Gasteiger charge is -2.40. The third-order valence-electron chi connectivity index (χ3n) is 6.15. The Bertz CT molecular complexity index is 487. The monoisotopic (exact) mass is 271 g/mol. The molecule has 3 heterocycles. The molecule has 0 aromatic carbocycles. The van der Waals surface area contributed by atoms with E-state index in [1.807, 2.05) is 6.20 Å². The van der Waals surface area contributed by atoms with E-state index in [0.29, 0.717) is 17.9 Å². The highest BCUT2D eigenvalue weighted by Crippen LogP contribution is 2.43. The molecular formula is C17H25N3. The Kier molecular flexibility index (Phi) is 3.08. The van der Waals surface area contributed by atoms with Crippen LogP contribution in [0.15, 0.2) is 18.3 Å². The quantitative estimate of drug-likeness (QED) is 0.897. The van der Waals surface area contributed by atoms with E-state index in [1.165, 1.54) is 49.8 Å². The number of aromatic nitrogens is 1. The van der Waals surface area contributed by atoms with Crippen LogP contribution in [0.2, 0.25) is 0 Å². The second kappa shape index (κ2) is 4.81. The Morgan fingerprint density at radius 1 is 1.25 bits per heavy atom. The fourth-order valence-electron chi connectivity index (χ4n) is 4.91. The lowest BCUT2D eigenvalue weighted by Crippen LogP contribution is -2.47. The average Bonchev–Trinajstić information content (AvgIpc) is 2.95. The summed E-state index contributed by atoms with van der Waals surface area (Å²) >= 11 is 0. The van der Waals surface area contributed by atoms with Crippen LogP contribution in [-0.4, -0.2) is 35.1 Å². The maximum absolute atomic E-state index is 6.71. The summed E-state index contributed by atoms with van der Waals surface area (Å²) in [6.07, 6.45) is 9.66. The van der Waals surface area contributed by atoms with Crippen LogP contribution in [-0.2, 0) is 6.42 Å². The summed E-state index contributed by atoms with van der Waals surface area (Å²) in [5.41, 5.74) is 9.44. The van der Waals surface area contributed by atoms with E-state index in [0.717, 1.165) is 12.1 Å². The topological polar surface area (TPSA) is 42.1 Å². The van der Waals surface area contributed by atoms with Crippen LogP contribution in [0, 0.1) is 5.92 Å². The molecule has 2 saturated heterocycles. The van der Waals surface area contributed by atoms with Gasteiger partial charge in [0, 0.05) is 35.9 Å². The summed E-state index contributed by atoms with van der Waals surface area (Å²) in [6.45, 7) is 0. The molecule has 0 amide bonds. The van der Waals surface area contributed by atoms with Crippen LogP contribution in [0.4, 0.5) is 0 Å². The van der Waals surface area contributed by atoms with Crippen molar-refractivity contribution in [2.45, 2.75) is 62.6 Å². The second-order valence-electron chi connectivity index (χ2n) is 7.05. The molecule has 4 atom stereocenters. The van der Waals surface area contributed by atoms with Crippen molar-refractivity contribution < 1.29 is 0 Å². The normalized spacial score (nSPS) is 37.9. The number of fused-ring (bicyclic) bond motifs is 3. The summed E-state index contributed by atoms with van der Waals surface area (Å²) < 4.78 is 0. The SMILES string of the molecule is CN1C2CCC1CC(C(N)C1CCc3cccnc31)C2. The maximum Gasteiger partial charge on any atom is 0.0482 e. The first-order valence-electron chi connectivity index (χ1n) is 8.15. The Morgan fingerprint density at radius 3 is 2.75 bits per heavy atom. The van der Waals surface area contributed by atoms with Gasteiger partial charge in [-0.05, 0) is 63.1 Å². The highest BCUT2D eigenvalue weighted by Gasteiger charge is 2.43. The van der Waals surface area contributed by atoms with Gasteiger partial charge in [0.25, 0.3) is 0 Å². The minimum absolute atomic E-state index is 0.308. The Hall–Kier alpha value is -0.930. The number of rotatable bonds is 2. The molecular weight excluding hydrogens is 246 g/mol. The average molecular weight is 271 g/mol. The van der Waals surface area contributed by atoms with Crippen molar-refractivity contribution in [1.29, 1.82) is 0 Å². The van der Waals surface area contributed by atoms with E-state index in [9.17, 15) is 0 Å². The van der Waals surface area contributed by atoms with Gasteiger partial charge in [-0.2, -0.15) is 0 Å². The van der Waals surface area contributed by atoms with Crippen molar-refractivity contribution in [3.05, 3.63) is 29.6 Å². The third kappa shape index (κ3) is 1.91. The lowest BCUT2D eigenvalue weighted by molar-refractivity contribution is 0.114. The number of nitrogens with two attached hydrogens (primary N) is 1. The molecule has 20 heavy (non-hydrogen) atoms. The van der Waals surface area contributed by atoms with Crippen LogP contribution in [0.25, 0.3) is 0 Å². The zero-order valence-electron chi connectivity index (χ0n) is 12.3. The minimum Gasteiger partial charge on any atom is -0.327 e. The lowest BCUT2D eigenvalue weighted by atomic mass is 9.79. The highest BCUT2D eigenvalue weighted by atomic mass is 15.2. The van der Waals surface area contributed by atoms with Crippen LogP contribution in [0.5, 0.6) is 0 Å². The first kappa shape index (κ1) is 12.8. The molecule has 0 radical (unpaired) electrons. The Morgan fingerprint density at radius 2 is 2.00 bits per heavy atom. The van der Waals surface area contributed by atoms with Gasteiger partial charge in [0.05, 0.1) is 0 Å². The highest BCUT2D eigenvalue weighted by molar-refractivity contribution is 5.30. The number of piperidine rings is 1. The standard InChI is InChI=1S/C17H25N3/c1-20-13-5-6-14(20)10-12(9-13)16(18)15-7-4-11-3-2-8-19-17(11)15/h2-3,8,12-16H,4-7,9-10,18H2,1H3. The van der Waals surface area contributed by atoms with Gasteiger partial charge < -0.3 is 10.6 Å². The van der Waals surface area contributed by atoms with Gasteiger partial charge >= 0.3 is 0 Å². The molecule has 4 unspecified atom stereocenters. The molecule has 2 N–H and O–H groups in total. The molecule has 1 aromatic rings. The molecule has 3 nitrogen and oxygen atoms in total. The zero-order chi connectivity index (χ0) is 13.7. The molecule has 1 aliphatic carbocycles. The van der Waals surface area contributed by atoms with E-state index < -0.39 is 0 Å². The van der Waals surface area contributed by atoms with Crippen molar-refractivity contribution in [1.82, 2.24) is 9.88 Å². The van der Waals surface area contributed by atoms with E-state index >= 15 is 0 Å². The molecule has 3 heteroatoms. The fraction of sp³-hybridized carbons (Fsp3) is 0.706. The van der Waals surface area contributed by atoms with Crippen molar-refractivity contribution >= 4 is 0 Å². The predicted octanol–water partition coefficient (Wildman–Crippen LogP) is 2.31. The molecule has 0 spiro atoms. The summed E-state index contributed by atoms with van der Waals surface area (Å²) in [5, 5.41) is 0. The van der Waals surface area contributed by atoms with E-state index in [4.69, 9.17) is 5.73 Å². The maximum atomic E-state index is 6.71. The predicted molar refractivity (Wildman–Crippen MR) is 80.6 cm³/mol. The van der Waals surface area contributed by atoms with Crippen molar-refractivity contribution in [3.63, 3.8) is 0 Å². The van der Waals surface area contributed by atoms with Gasteiger partial charge in [0.15, 0.2) is 0 Å². The molecule has 3 aliphatic rings. The van der Waals surface area contributed by atoms with Crippen LogP contribution in [0.3, 0.4) is 0 Å². The van der Waals surface area contributed by atoms with Gasteiger partial charge in [-0.25, -0.2) is 0 Å². The van der Waals surface area contributed by atoms with Gasteiger partial charge in [-0.1, -0.05) is 6.07 Å². The number of hydrogen-bond donors (Lipinski definition) is 1. The molecule has 1 aromatic heterocycles. The number of pyridine rings is 1. The molecule has 2 bridgehead atoms. The van der Waals surface area contributed by atoms with Crippen molar-refractivity contribution in [3.8, 4) is 0 Å². The van der Waals surface area contributed by atoms with E-state index in [-0.39, 0.29) is 0 Å². The van der Waals surface area contributed by atoms with Crippen LogP contribution in [0.1, 0.15) is 49.3 Å². The van der Waals surface area contributed by atoms with Crippen LogP contribution >= 0.6 is 0 Å². The van der Waals surface area contributed by atoms with E-state index in [1.54, 1.807) is 0 Å². The number of nitrogens with zero attached hydrogens (tertiary/aromatic N) is 2. The Balaban J connectivity index is 1.53. The van der Waals surface area contributed by atoms with Gasteiger partial charge in [-0.3, -0.25) is 4.98 Å². The second-order valence-corrected chi connectivity index (χ2v) is 7.05. The van der Waals surface area contributed by atoms with E-state index in [2.05, 4.69) is 29.1 Å². The molecule has 108 valence electrons. The largest absolute Gasteiger partial charge is 0.327 e. The summed E-state index contributed by atoms with van der Waals surface area (Å²) in [6, 6.07) is 6.17. The number of aryl methyl sites for hydroxylation is 1. The zero-order valence-corrected chi connectivity index (χ0v) is 12.3. The Labute approximate surface area is 121 Å². The molecule has 2 fully saturated rings. The molecule has 4 rings (SSSR count). The van der Waals surface area contributed by atoms with Crippen molar-refractivity contribution in [2.75, 3.05) is 7.05 Å². The van der Waals surface area contributed by atoms with Crippen LogP contribution < -0.4 is 5.73 Å². The number of hydrogen-bond acceptors (Lipinski definition) is 3. The summed E-state index contributed by atoms with van der Waals surface area (Å²) in [5.74, 6) is 1.20. The minimum atomic E-state index is 0.308. The summed E-state index contributed by atoms with van der Waals surface area (Å²) in [7, 11) is 2.30. The molecule has 0 saturated carbocycles. The first-order chi connectivity index (χ1) is 9.74. The van der Waals surface area contributed by atoms with Gasteiger partial charge in [-0.15, -0.1) is 0 Å². The first-order valence-corrected chi connectivity index (χ1v) is 8.15. The molecule has 2 aliphatic heterocycles. The fourth-order valence-corrected chi connectivity index (χ4v) is 4.91. The smallest absolute Gasteiger partial charge is 0.0482 e. The van der Waals surface area contributed by atoms with Gasteiger partial charge in [0.1, 0.15) is 0 Å². The summed E-state index contributed by atoms with van der Waals surface area (Å²) in [4.78, 5) is 7.24.